The molecule has 9 heteroatoms. The number of hydrogen-bond acceptors (Lipinski definition) is 6. The molecule has 0 aromatic heterocycles. The van der Waals surface area contributed by atoms with Gasteiger partial charge < -0.3 is 20.7 Å². The Labute approximate surface area is 356 Å². The van der Waals surface area contributed by atoms with E-state index in [1.807, 2.05) is 109 Å². The van der Waals surface area contributed by atoms with E-state index < -0.39 is 39.2 Å². The van der Waals surface area contributed by atoms with E-state index in [0.29, 0.717) is 0 Å². The van der Waals surface area contributed by atoms with Crippen LogP contribution in [0.2, 0.25) is 0 Å². The summed E-state index contributed by atoms with van der Waals surface area (Å²) in [6.07, 6.45) is -0.731. The Hall–Kier alpha value is -5.77. The van der Waals surface area contributed by atoms with Gasteiger partial charge in [-0.3, -0.25) is 9.59 Å². The van der Waals surface area contributed by atoms with Crippen LogP contribution < -0.4 is 16.0 Å². The zero-order valence-electron chi connectivity index (χ0n) is 33.8. The lowest BCUT2D eigenvalue weighted by molar-refractivity contribution is -0.129. The fourth-order valence-corrected chi connectivity index (χ4v) is 10.3. The molecule has 0 aliphatic rings. The molecule has 6 rings (SSSR count). The van der Waals surface area contributed by atoms with Crippen LogP contribution in [0.4, 0.5) is 4.79 Å². The Balaban J connectivity index is 1.37. The number of amides is 3. The van der Waals surface area contributed by atoms with Crippen LogP contribution in [0.25, 0.3) is 0 Å². The van der Waals surface area contributed by atoms with Crippen LogP contribution in [0.5, 0.6) is 0 Å². The Morgan fingerprint density at radius 3 is 0.983 bits per heavy atom. The molecule has 6 aromatic carbocycles. The molecular formula is C50H51N3O4S2. The number of likely N-dealkylation sites (N-methyl/N-ethyl adjacent to an activating group) is 1. The minimum atomic E-state index is -1.09. The third kappa shape index (κ3) is 10.3. The number of benzene rings is 6. The van der Waals surface area contributed by atoms with E-state index in [0.717, 1.165) is 33.4 Å². The molecule has 0 saturated heterocycles. The average molecular weight is 822 g/mol. The highest BCUT2D eigenvalue weighted by Crippen LogP contribution is 2.50. The van der Waals surface area contributed by atoms with E-state index >= 15 is 0 Å². The van der Waals surface area contributed by atoms with Crippen molar-refractivity contribution in [3.8, 4) is 0 Å². The van der Waals surface area contributed by atoms with Gasteiger partial charge in [-0.05, 0) is 54.2 Å². The van der Waals surface area contributed by atoms with Crippen molar-refractivity contribution < 1.29 is 19.1 Å². The second-order valence-corrected chi connectivity index (χ2v) is 17.5. The third-order valence-electron chi connectivity index (χ3n) is 9.90. The quantitative estimate of drug-likeness (QED) is 0.0843. The number of carbonyl (C=O) groups is 3. The van der Waals surface area contributed by atoms with Crippen LogP contribution in [-0.4, -0.2) is 54.1 Å². The molecule has 3 N–H and O–H groups in total. The first kappa shape index (κ1) is 42.8. The predicted octanol–water partition coefficient (Wildman–Crippen LogP) is 9.56. The third-order valence-corrected chi connectivity index (χ3v) is 13.2. The fourth-order valence-electron chi connectivity index (χ4n) is 7.22. The molecule has 0 spiro atoms. The zero-order valence-corrected chi connectivity index (χ0v) is 35.5. The van der Waals surface area contributed by atoms with Gasteiger partial charge in [0, 0.05) is 18.6 Å². The van der Waals surface area contributed by atoms with Gasteiger partial charge in [0.15, 0.2) is 0 Å². The minimum absolute atomic E-state index is 0.138. The fraction of sp³-hybridized carbons (Fsp3) is 0.220. The molecule has 3 amide bonds. The number of ether oxygens (including phenoxy) is 1. The Morgan fingerprint density at radius 2 is 0.729 bits per heavy atom. The van der Waals surface area contributed by atoms with E-state index in [4.69, 9.17) is 4.74 Å². The molecule has 2 atom stereocenters. The lowest BCUT2D eigenvalue weighted by atomic mass is 9.84. The smallest absolute Gasteiger partial charge is 0.408 e. The van der Waals surface area contributed by atoms with Gasteiger partial charge >= 0.3 is 6.09 Å². The molecule has 6 aromatic rings. The number of nitrogens with one attached hydrogen (secondary N) is 3. The molecule has 0 aliphatic heterocycles. The zero-order chi connectivity index (χ0) is 41.7. The molecule has 7 nitrogen and oxygen atoms in total. The summed E-state index contributed by atoms with van der Waals surface area (Å²) < 4.78 is 4.19. The van der Waals surface area contributed by atoms with E-state index in [1.165, 1.54) is 11.8 Å². The molecule has 0 aliphatic carbocycles. The summed E-state index contributed by atoms with van der Waals surface area (Å²) in [5.74, 6) is -0.521. The maximum atomic E-state index is 14.8. The van der Waals surface area contributed by atoms with Gasteiger partial charge in [-0.15, -0.1) is 23.5 Å². The number of alkyl carbamates (subject to hydrolysis) is 1. The molecular weight excluding hydrogens is 771 g/mol. The van der Waals surface area contributed by atoms with Gasteiger partial charge in [0.2, 0.25) is 11.8 Å². The van der Waals surface area contributed by atoms with Crippen molar-refractivity contribution in [3.05, 3.63) is 215 Å². The largest absolute Gasteiger partial charge is 0.444 e. The van der Waals surface area contributed by atoms with Crippen molar-refractivity contribution in [2.24, 2.45) is 0 Å². The summed E-state index contributed by atoms with van der Waals surface area (Å²) in [4.78, 5) is 42.1. The van der Waals surface area contributed by atoms with Gasteiger partial charge in [-0.2, -0.15) is 0 Å². The van der Waals surface area contributed by atoms with Crippen LogP contribution in [0.15, 0.2) is 182 Å². The summed E-state index contributed by atoms with van der Waals surface area (Å²) in [5, 5.41) is 8.72. The van der Waals surface area contributed by atoms with Crippen LogP contribution in [0, 0.1) is 0 Å². The van der Waals surface area contributed by atoms with Crippen LogP contribution in [-0.2, 0) is 23.8 Å². The van der Waals surface area contributed by atoms with Crippen molar-refractivity contribution in [1.82, 2.24) is 16.0 Å². The number of thioether (sulfide) groups is 2. The summed E-state index contributed by atoms with van der Waals surface area (Å²) in [6, 6.07) is 59.0. The van der Waals surface area contributed by atoms with Gasteiger partial charge in [-0.25, -0.2) is 4.79 Å². The van der Waals surface area contributed by atoms with E-state index in [1.54, 1.807) is 39.6 Å². The summed E-state index contributed by atoms with van der Waals surface area (Å²) in [7, 11) is 1.56. The van der Waals surface area contributed by atoms with Crippen LogP contribution in [0.1, 0.15) is 54.2 Å². The SMILES string of the molecule is CNC(=O)C(CSC(c1ccccc1)(c1ccccc1)c1ccccc1)NC(=O)C(CSC(c1ccccc1)(c1ccccc1)c1ccccc1)NC(=O)OC(C)(C)C. The van der Waals surface area contributed by atoms with E-state index in [9.17, 15) is 14.4 Å². The monoisotopic (exact) mass is 821 g/mol. The first-order valence-corrected chi connectivity index (χ1v) is 21.7. The summed E-state index contributed by atoms with van der Waals surface area (Å²) in [6.45, 7) is 5.33. The average Bonchev–Trinajstić information content (AvgIpc) is 3.27. The molecule has 0 bridgehead atoms. The second kappa shape index (κ2) is 19.8. The van der Waals surface area contributed by atoms with Crippen molar-refractivity contribution >= 4 is 41.4 Å². The highest BCUT2D eigenvalue weighted by Gasteiger charge is 2.41. The summed E-state index contributed by atoms with van der Waals surface area (Å²) in [5.41, 5.74) is 5.32. The maximum Gasteiger partial charge on any atom is 0.408 e. The molecule has 0 radical (unpaired) electrons. The van der Waals surface area contributed by atoms with Crippen molar-refractivity contribution in [2.75, 3.05) is 18.6 Å². The Kier molecular flexibility index (Phi) is 14.4. The highest BCUT2D eigenvalue weighted by atomic mass is 32.2. The molecule has 302 valence electrons. The lowest BCUT2D eigenvalue weighted by Crippen LogP contribution is -2.56. The van der Waals surface area contributed by atoms with Gasteiger partial charge in [0.25, 0.3) is 0 Å². The van der Waals surface area contributed by atoms with Gasteiger partial charge in [0.1, 0.15) is 17.7 Å². The van der Waals surface area contributed by atoms with Crippen molar-refractivity contribution in [3.63, 3.8) is 0 Å². The first-order valence-electron chi connectivity index (χ1n) is 19.7. The van der Waals surface area contributed by atoms with Crippen molar-refractivity contribution in [1.29, 1.82) is 0 Å². The molecule has 0 heterocycles. The standard InChI is InChI=1S/C50H51N3O4S2/c1-48(2,3)57-47(56)53-44(36-59-50(40-29-17-8-18-30-40,41-31-19-9-20-32-41)42-33-21-10-22-34-42)46(55)52-43(45(54)51-4)35-58-49(37-23-11-5-12-24-37,38-25-13-6-14-26-38)39-27-15-7-16-28-39/h5-34,43-44H,35-36H2,1-4H3,(H,51,54)(H,52,55)(H,53,56). The molecule has 0 saturated carbocycles. The van der Waals surface area contributed by atoms with Crippen molar-refractivity contribution in [2.45, 2.75) is 47.9 Å². The van der Waals surface area contributed by atoms with E-state index in [2.05, 4.69) is 88.7 Å². The Morgan fingerprint density at radius 1 is 0.458 bits per heavy atom. The molecule has 2 unspecified atom stereocenters. The topological polar surface area (TPSA) is 96.5 Å². The maximum absolute atomic E-state index is 14.8. The predicted molar refractivity (Wildman–Crippen MR) is 242 cm³/mol. The highest BCUT2D eigenvalue weighted by molar-refractivity contribution is 8.01. The van der Waals surface area contributed by atoms with Crippen LogP contribution >= 0.6 is 23.5 Å². The normalized spacial score (nSPS) is 12.7. The second-order valence-electron chi connectivity index (χ2n) is 15.1. The van der Waals surface area contributed by atoms with Gasteiger partial charge in [-0.1, -0.05) is 182 Å². The summed E-state index contributed by atoms with van der Waals surface area (Å²) >= 11 is 3.11. The Bertz CT molecular complexity index is 2050. The molecule has 0 fully saturated rings. The lowest BCUT2D eigenvalue weighted by Gasteiger charge is -2.37. The van der Waals surface area contributed by atoms with E-state index in [-0.39, 0.29) is 17.4 Å². The number of hydrogen-bond donors (Lipinski definition) is 3. The number of carbonyl (C=O) groups excluding carboxylic acids is 3. The minimum Gasteiger partial charge on any atom is -0.444 e. The van der Waals surface area contributed by atoms with Crippen LogP contribution in [0.3, 0.4) is 0 Å². The number of rotatable bonds is 16. The first-order chi connectivity index (χ1) is 28.6. The molecule has 59 heavy (non-hydrogen) atoms. The van der Waals surface area contributed by atoms with Gasteiger partial charge in [0.05, 0.1) is 9.49 Å².